The average molecular weight is 319 g/mol. The SMILES string of the molecule is CC(C)(C)OC(=O)N[C@H]1CCC=C(CC(=O)O)c2nccnc21. The second kappa shape index (κ2) is 6.76. The van der Waals surface area contributed by atoms with E-state index in [0.717, 1.165) is 0 Å². The lowest BCUT2D eigenvalue weighted by atomic mass is 10.0. The molecule has 1 amide bonds. The number of fused-ring (bicyclic) bond motifs is 1. The topological polar surface area (TPSA) is 101 Å². The summed E-state index contributed by atoms with van der Waals surface area (Å²) in [5.41, 5.74) is 1.12. The molecule has 0 aromatic carbocycles. The second-order valence-corrected chi connectivity index (χ2v) is 6.37. The standard InChI is InChI=1S/C16H21N3O4/c1-16(2,3)23-15(22)19-11-6-4-5-10(9-12(20)21)13-14(11)18-8-7-17-13/h5,7-8,11H,4,6,9H2,1-3H3,(H,19,22)(H,20,21)/t11-/m0/s1. The fourth-order valence-electron chi connectivity index (χ4n) is 2.42. The smallest absolute Gasteiger partial charge is 0.408 e. The van der Waals surface area contributed by atoms with Crippen molar-refractivity contribution >= 4 is 17.6 Å². The number of nitrogens with zero attached hydrogens (tertiary/aromatic N) is 2. The van der Waals surface area contributed by atoms with E-state index in [1.165, 1.54) is 12.4 Å². The van der Waals surface area contributed by atoms with Crippen LogP contribution < -0.4 is 5.32 Å². The molecule has 0 fully saturated rings. The Morgan fingerprint density at radius 1 is 1.35 bits per heavy atom. The van der Waals surface area contributed by atoms with Crippen molar-refractivity contribution < 1.29 is 19.4 Å². The number of amides is 1. The molecule has 1 atom stereocenters. The summed E-state index contributed by atoms with van der Waals surface area (Å²) >= 11 is 0. The third kappa shape index (κ3) is 4.77. The fraction of sp³-hybridized carbons (Fsp3) is 0.500. The summed E-state index contributed by atoms with van der Waals surface area (Å²) < 4.78 is 5.28. The Morgan fingerprint density at radius 3 is 2.70 bits per heavy atom. The molecule has 23 heavy (non-hydrogen) atoms. The van der Waals surface area contributed by atoms with E-state index < -0.39 is 17.7 Å². The Morgan fingerprint density at radius 2 is 2.04 bits per heavy atom. The Bertz CT molecular complexity index is 634. The first-order chi connectivity index (χ1) is 10.8. The molecule has 0 unspecified atom stereocenters. The van der Waals surface area contributed by atoms with Gasteiger partial charge in [0.1, 0.15) is 5.60 Å². The molecule has 1 heterocycles. The zero-order valence-corrected chi connectivity index (χ0v) is 13.5. The first kappa shape index (κ1) is 16.9. The van der Waals surface area contributed by atoms with Crippen LogP contribution >= 0.6 is 0 Å². The van der Waals surface area contributed by atoms with Crippen LogP contribution in [-0.2, 0) is 9.53 Å². The third-order valence-corrected chi connectivity index (χ3v) is 3.24. The number of rotatable bonds is 3. The van der Waals surface area contributed by atoms with Gasteiger partial charge in [0.05, 0.1) is 23.9 Å². The maximum Gasteiger partial charge on any atom is 0.408 e. The molecular formula is C16H21N3O4. The zero-order chi connectivity index (χ0) is 17.0. The summed E-state index contributed by atoms with van der Waals surface area (Å²) in [4.78, 5) is 31.6. The molecule has 2 rings (SSSR count). The van der Waals surface area contributed by atoms with Crippen LogP contribution in [0.5, 0.6) is 0 Å². The minimum absolute atomic E-state index is 0.120. The van der Waals surface area contributed by atoms with Crippen LogP contribution in [0.1, 0.15) is 57.5 Å². The van der Waals surface area contributed by atoms with Crippen molar-refractivity contribution in [3.8, 4) is 0 Å². The number of carboxylic acid groups (broad SMARTS) is 1. The van der Waals surface area contributed by atoms with Crippen LogP contribution in [0.2, 0.25) is 0 Å². The van der Waals surface area contributed by atoms with Crippen molar-refractivity contribution in [2.24, 2.45) is 0 Å². The van der Waals surface area contributed by atoms with Gasteiger partial charge in [0.2, 0.25) is 0 Å². The zero-order valence-electron chi connectivity index (χ0n) is 13.5. The third-order valence-electron chi connectivity index (χ3n) is 3.24. The van der Waals surface area contributed by atoms with E-state index in [4.69, 9.17) is 9.84 Å². The quantitative estimate of drug-likeness (QED) is 0.888. The molecule has 1 aromatic rings. The number of carboxylic acids is 1. The summed E-state index contributed by atoms with van der Waals surface area (Å²) in [6, 6.07) is -0.365. The van der Waals surface area contributed by atoms with Crippen molar-refractivity contribution in [3.05, 3.63) is 29.9 Å². The summed E-state index contributed by atoms with van der Waals surface area (Å²) in [5.74, 6) is -0.925. The number of ether oxygens (including phenoxy) is 1. The highest BCUT2D eigenvalue weighted by atomic mass is 16.6. The van der Waals surface area contributed by atoms with Crippen molar-refractivity contribution in [1.29, 1.82) is 0 Å². The molecule has 7 heteroatoms. The predicted octanol–water partition coefficient (Wildman–Crippen LogP) is 2.69. The molecule has 0 saturated heterocycles. The molecule has 0 spiro atoms. The number of hydrogen-bond acceptors (Lipinski definition) is 5. The van der Waals surface area contributed by atoms with Gasteiger partial charge in [-0.05, 0) is 39.2 Å². The van der Waals surface area contributed by atoms with Crippen molar-refractivity contribution in [2.75, 3.05) is 0 Å². The van der Waals surface area contributed by atoms with Gasteiger partial charge in [0.15, 0.2) is 0 Å². The molecule has 0 aliphatic heterocycles. The second-order valence-electron chi connectivity index (χ2n) is 6.37. The number of aliphatic carboxylic acids is 1. The summed E-state index contributed by atoms with van der Waals surface area (Å²) in [6.07, 6.45) is 5.48. The average Bonchev–Trinajstić information content (AvgIpc) is 2.57. The number of allylic oxidation sites excluding steroid dienone is 1. The van der Waals surface area contributed by atoms with Crippen LogP contribution in [0.25, 0.3) is 5.57 Å². The van der Waals surface area contributed by atoms with Crippen molar-refractivity contribution in [1.82, 2.24) is 15.3 Å². The molecule has 1 aliphatic carbocycles. The van der Waals surface area contributed by atoms with E-state index in [1.54, 1.807) is 20.8 Å². The Balaban J connectivity index is 2.23. The van der Waals surface area contributed by atoms with Crippen LogP contribution in [0.4, 0.5) is 4.79 Å². The largest absolute Gasteiger partial charge is 0.481 e. The van der Waals surface area contributed by atoms with Crippen LogP contribution in [-0.4, -0.2) is 32.7 Å². The van der Waals surface area contributed by atoms with Crippen LogP contribution in [0, 0.1) is 0 Å². The number of alkyl carbamates (subject to hydrolysis) is 1. The monoisotopic (exact) mass is 319 g/mol. The Labute approximate surface area is 134 Å². The number of nitrogens with one attached hydrogen (secondary N) is 1. The lowest BCUT2D eigenvalue weighted by Crippen LogP contribution is -2.35. The molecular weight excluding hydrogens is 298 g/mol. The summed E-state index contributed by atoms with van der Waals surface area (Å²) in [6.45, 7) is 5.37. The first-order valence-corrected chi connectivity index (χ1v) is 7.48. The Hall–Kier alpha value is -2.44. The van der Waals surface area contributed by atoms with Crippen molar-refractivity contribution in [2.45, 2.75) is 51.7 Å². The number of aromatic nitrogens is 2. The van der Waals surface area contributed by atoms with E-state index in [2.05, 4.69) is 15.3 Å². The Kier molecular flexibility index (Phi) is 4.98. The number of hydrogen-bond donors (Lipinski definition) is 2. The molecule has 0 radical (unpaired) electrons. The highest BCUT2D eigenvalue weighted by Crippen LogP contribution is 2.30. The lowest BCUT2D eigenvalue weighted by Gasteiger charge is -2.23. The summed E-state index contributed by atoms with van der Waals surface area (Å²) in [5, 5.41) is 11.8. The van der Waals surface area contributed by atoms with E-state index in [0.29, 0.717) is 29.8 Å². The highest BCUT2D eigenvalue weighted by molar-refractivity contribution is 5.84. The van der Waals surface area contributed by atoms with Gasteiger partial charge in [-0.15, -0.1) is 0 Å². The van der Waals surface area contributed by atoms with Gasteiger partial charge in [-0.1, -0.05) is 6.08 Å². The van der Waals surface area contributed by atoms with Gasteiger partial charge < -0.3 is 15.2 Å². The number of carbonyl (C=O) groups is 2. The van der Waals surface area contributed by atoms with E-state index in [9.17, 15) is 9.59 Å². The summed E-state index contributed by atoms with van der Waals surface area (Å²) in [7, 11) is 0. The van der Waals surface area contributed by atoms with E-state index >= 15 is 0 Å². The lowest BCUT2D eigenvalue weighted by molar-refractivity contribution is -0.135. The van der Waals surface area contributed by atoms with Crippen molar-refractivity contribution in [3.63, 3.8) is 0 Å². The molecule has 0 bridgehead atoms. The molecule has 0 saturated carbocycles. The maximum atomic E-state index is 12.0. The van der Waals surface area contributed by atoms with Gasteiger partial charge in [0.25, 0.3) is 0 Å². The molecule has 1 aromatic heterocycles. The highest BCUT2D eigenvalue weighted by Gasteiger charge is 2.26. The van der Waals surface area contributed by atoms with Gasteiger partial charge in [0, 0.05) is 12.4 Å². The maximum absolute atomic E-state index is 12.0. The first-order valence-electron chi connectivity index (χ1n) is 7.48. The van der Waals surface area contributed by atoms with Gasteiger partial charge in [-0.25, -0.2) is 4.79 Å². The van der Waals surface area contributed by atoms with Gasteiger partial charge in [-0.2, -0.15) is 0 Å². The molecule has 124 valence electrons. The molecule has 7 nitrogen and oxygen atoms in total. The van der Waals surface area contributed by atoms with Crippen LogP contribution in [0.15, 0.2) is 18.5 Å². The minimum atomic E-state index is -0.925. The molecule has 2 N–H and O–H groups in total. The minimum Gasteiger partial charge on any atom is -0.481 e. The van der Waals surface area contributed by atoms with E-state index in [1.807, 2.05) is 6.08 Å². The normalized spacial score (nSPS) is 17.5. The van der Waals surface area contributed by atoms with E-state index in [-0.39, 0.29) is 12.5 Å². The van der Waals surface area contributed by atoms with Crippen LogP contribution in [0.3, 0.4) is 0 Å². The van der Waals surface area contributed by atoms with Gasteiger partial charge in [-0.3, -0.25) is 14.8 Å². The molecule has 1 aliphatic rings. The van der Waals surface area contributed by atoms with Gasteiger partial charge >= 0.3 is 12.1 Å². The predicted molar refractivity (Wildman–Crippen MR) is 83.6 cm³/mol. The fourth-order valence-corrected chi connectivity index (χ4v) is 2.42. The number of carbonyl (C=O) groups excluding carboxylic acids is 1.